The second-order valence-electron chi connectivity index (χ2n) is 20.5. The number of carboxylic acid groups (broad SMARTS) is 1. The monoisotopic (exact) mass is 932 g/mol. The zero-order valence-electron chi connectivity index (χ0n) is 44.4. The lowest BCUT2D eigenvalue weighted by Gasteiger charge is -2.34. The first kappa shape index (κ1) is 63.8. The number of ether oxygens (including phenoxy) is 3. The zero-order valence-corrected chi connectivity index (χ0v) is 44.4. The van der Waals surface area contributed by atoms with Crippen LogP contribution in [0.3, 0.4) is 0 Å². The highest BCUT2D eigenvalue weighted by molar-refractivity contribution is 5.70. The van der Waals surface area contributed by atoms with Gasteiger partial charge in [-0.2, -0.15) is 0 Å². The van der Waals surface area contributed by atoms with Crippen LogP contribution in [0.1, 0.15) is 277 Å². The van der Waals surface area contributed by atoms with Crippen molar-refractivity contribution in [2.45, 2.75) is 289 Å². The molecule has 0 spiro atoms. The summed E-state index contributed by atoms with van der Waals surface area (Å²) in [7, 11) is 5.43. The van der Waals surface area contributed by atoms with Crippen LogP contribution in [-0.4, -0.2) is 75.5 Å². The maximum absolute atomic E-state index is 12.8. The van der Waals surface area contributed by atoms with E-state index in [1.807, 2.05) is 21.1 Å². The highest BCUT2D eigenvalue weighted by Gasteiger charge is 2.25. The summed E-state index contributed by atoms with van der Waals surface area (Å²) < 4.78 is 17.3. The van der Waals surface area contributed by atoms with Crippen molar-refractivity contribution in [2.24, 2.45) is 0 Å². The highest BCUT2D eigenvalue weighted by Crippen LogP contribution is 2.16. The number of esters is 2. The number of carboxylic acids is 1. The van der Waals surface area contributed by atoms with Gasteiger partial charge in [-0.3, -0.25) is 9.59 Å². The molecule has 0 rings (SSSR count). The van der Waals surface area contributed by atoms with Crippen LogP contribution in [0, 0.1) is 0 Å². The SMILES string of the molecule is CCCCCCCC/C=C\CCCCCCCCCCCC(=O)OCC(COCCC(C(=O)[O-])[N+](C)(C)C)OC(=O)CCCCCCCCCCCCC/C=C\CCCCCCCCCC. The summed E-state index contributed by atoms with van der Waals surface area (Å²) in [4.78, 5) is 37.1. The summed E-state index contributed by atoms with van der Waals surface area (Å²) in [5.74, 6) is -1.72. The maximum atomic E-state index is 12.8. The first-order valence-corrected chi connectivity index (χ1v) is 28.4. The van der Waals surface area contributed by atoms with Crippen molar-refractivity contribution in [2.75, 3.05) is 41.0 Å². The molecular formula is C58H109NO7. The number of likely N-dealkylation sites (N-methyl/N-ethyl adjacent to an activating group) is 1. The van der Waals surface area contributed by atoms with Crippen molar-refractivity contribution in [1.82, 2.24) is 0 Å². The lowest BCUT2D eigenvalue weighted by Crippen LogP contribution is -2.55. The second-order valence-corrected chi connectivity index (χ2v) is 20.5. The molecule has 0 radical (unpaired) electrons. The number of unbranched alkanes of at least 4 members (excludes halogenated alkanes) is 34. The Morgan fingerprint density at radius 1 is 0.439 bits per heavy atom. The van der Waals surface area contributed by atoms with Crippen LogP contribution in [0.4, 0.5) is 0 Å². The number of quaternary nitrogens is 1. The molecule has 0 aromatic heterocycles. The number of hydrogen-bond donors (Lipinski definition) is 0. The minimum absolute atomic E-state index is 0.0440. The number of hydrogen-bond acceptors (Lipinski definition) is 7. The minimum Gasteiger partial charge on any atom is -0.544 e. The van der Waals surface area contributed by atoms with E-state index in [1.165, 1.54) is 205 Å². The molecule has 8 nitrogen and oxygen atoms in total. The van der Waals surface area contributed by atoms with Crippen LogP contribution in [0.15, 0.2) is 24.3 Å². The Morgan fingerprint density at radius 2 is 0.758 bits per heavy atom. The van der Waals surface area contributed by atoms with E-state index in [4.69, 9.17) is 14.2 Å². The molecule has 8 heteroatoms. The largest absolute Gasteiger partial charge is 0.544 e. The fraction of sp³-hybridized carbons (Fsp3) is 0.879. The van der Waals surface area contributed by atoms with Crippen LogP contribution >= 0.6 is 0 Å². The number of allylic oxidation sites excluding steroid dienone is 4. The molecule has 0 aliphatic rings. The van der Waals surface area contributed by atoms with Gasteiger partial charge in [0.2, 0.25) is 0 Å². The Kier molecular flexibility index (Phi) is 47.6. The number of nitrogens with zero attached hydrogens (tertiary/aromatic N) is 1. The van der Waals surface area contributed by atoms with Crippen LogP contribution in [-0.2, 0) is 28.6 Å². The van der Waals surface area contributed by atoms with Crippen molar-refractivity contribution in [3.05, 3.63) is 24.3 Å². The van der Waals surface area contributed by atoms with Crippen LogP contribution in [0.5, 0.6) is 0 Å². The van der Waals surface area contributed by atoms with Gasteiger partial charge in [-0.1, -0.05) is 218 Å². The molecule has 388 valence electrons. The Labute approximate surface area is 409 Å². The number of carbonyl (C=O) groups excluding carboxylic acids is 3. The Hall–Kier alpha value is -2.19. The van der Waals surface area contributed by atoms with Gasteiger partial charge in [-0.15, -0.1) is 0 Å². The van der Waals surface area contributed by atoms with Crippen molar-refractivity contribution >= 4 is 17.9 Å². The maximum Gasteiger partial charge on any atom is 0.306 e. The predicted octanol–water partition coefficient (Wildman–Crippen LogP) is 15.4. The number of rotatable bonds is 52. The molecule has 0 fully saturated rings. The second kappa shape index (κ2) is 49.2. The van der Waals surface area contributed by atoms with Gasteiger partial charge in [-0.25, -0.2) is 0 Å². The topological polar surface area (TPSA) is 102 Å². The summed E-state index contributed by atoms with van der Waals surface area (Å²) in [6.07, 6.45) is 57.9. The Morgan fingerprint density at radius 3 is 1.09 bits per heavy atom. The van der Waals surface area contributed by atoms with E-state index in [-0.39, 0.29) is 42.7 Å². The van der Waals surface area contributed by atoms with Gasteiger partial charge in [0.05, 0.1) is 40.3 Å². The summed E-state index contributed by atoms with van der Waals surface area (Å²) >= 11 is 0. The Bertz CT molecular complexity index is 1130. The molecule has 0 amide bonds. The van der Waals surface area contributed by atoms with Crippen molar-refractivity contribution in [1.29, 1.82) is 0 Å². The molecule has 0 N–H and O–H groups in total. The molecule has 2 unspecified atom stereocenters. The standard InChI is InChI=1S/C58H109NO7/c1-6-8-10-12-14-16-18-20-22-24-26-27-28-29-31-33-35-37-39-41-43-45-47-49-57(61)66-54(52-64-51-50-55(58(62)63)59(3,4)5)53-65-56(60)48-46-44-42-40-38-36-34-32-30-25-23-21-19-17-15-13-11-9-7-2/h21,23-24,26,54-55H,6-20,22,25,27-53H2,1-5H3/b23-21-,26-24-. The fourth-order valence-corrected chi connectivity index (χ4v) is 8.65. The van der Waals surface area contributed by atoms with E-state index < -0.39 is 18.1 Å². The minimum atomic E-state index is -1.12. The molecule has 0 saturated heterocycles. The van der Waals surface area contributed by atoms with E-state index >= 15 is 0 Å². The first-order valence-electron chi connectivity index (χ1n) is 28.4. The highest BCUT2D eigenvalue weighted by atomic mass is 16.6. The molecule has 0 aliphatic carbocycles. The number of aliphatic carboxylic acids is 1. The van der Waals surface area contributed by atoms with Crippen molar-refractivity contribution in [3.8, 4) is 0 Å². The van der Waals surface area contributed by atoms with Gasteiger partial charge in [0.1, 0.15) is 12.6 Å². The lowest BCUT2D eigenvalue weighted by atomic mass is 10.0. The molecule has 0 bridgehead atoms. The summed E-state index contributed by atoms with van der Waals surface area (Å²) in [5.41, 5.74) is 0. The normalized spacial score (nSPS) is 12.9. The van der Waals surface area contributed by atoms with Gasteiger partial charge in [0.15, 0.2) is 6.10 Å². The van der Waals surface area contributed by atoms with Crippen molar-refractivity contribution < 1.29 is 38.2 Å². The van der Waals surface area contributed by atoms with Gasteiger partial charge >= 0.3 is 11.9 Å². The molecule has 2 atom stereocenters. The smallest absolute Gasteiger partial charge is 0.306 e. The molecular weight excluding hydrogens is 823 g/mol. The first-order chi connectivity index (χ1) is 32.1. The molecule has 0 saturated carbocycles. The average molecular weight is 933 g/mol. The van der Waals surface area contributed by atoms with Gasteiger partial charge in [0.25, 0.3) is 0 Å². The van der Waals surface area contributed by atoms with E-state index in [2.05, 4.69) is 38.2 Å². The third-order valence-corrected chi connectivity index (χ3v) is 13.1. The van der Waals surface area contributed by atoms with E-state index in [0.29, 0.717) is 12.8 Å². The zero-order chi connectivity index (χ0) is 48.4. The molecule has 0 heterocycles. The van der Waals surface area contributed by atoms with Gasteiger partial charge in [-0.05, 0) is 64.2 Å². The van der Waals surface area contributed by atoms with Gasteiger partial charge < -0.3 is 28.6 Å². The third-order valence-electron chi connectivity index (χ3n) is 13.1. The third kappa shape index (κ3) is 46.9. The van der Waals surface area contributed by atoms with E-state index in [0.717, 1.165) is 38.5 Å². The quantitative estimate of drug-likeness (QED) is 0.0259. The summed E-state index contributed by atoms with van der Waals surface area (Å²) in [5, 5.41) is 11.7. The Balaban J connectivity index is 4.15. The van der Waals surface area contributed by atoms with E-state index in [1.54, 1.807) is 0 Å². The van der Waals surface area contributed by atoms with Crippen molar-refractivity contribution in [3.63, 3.8) is 0 Å². The summed E-state index contributed by atoms with van der Waals surface area (Å²) in [6, 6.07) is -0.725. The van der Waals surface area contributed by atoms with E-state index in [9.17, 15) is 19.5 Å². The van der Waals surface area contributed by atoms with Crippen LogP contribution in [0.25, 0.3) is 0 Å². The lowest BCUT2D eigenvalue weighted by molar-refractivity contribution is -0.889. The molecule has 0 aliphatic heterocycles. The molecule has 0 aromatic rings. The summed E-state index contributed by atoms with van der Waals surface area (Å²) in [6.45, 7) is 4.70. The number of carbonyl (C=O) groups is 3. The average Bonchev–Trinajstić information content (AvgIpc) is 3.28. The van der Waals surface area contributed by atoms with Gasteiger partial charge in [0, 0.05) is 19.3 Å². The fourth-order valence-electron chi connectivity index (χ4n) is 8.65. The van der Waals surface area contributed by atoms with Crippen LogP contribution in [0.2, 0.25) is 0 Å². The van der Waals surface area contributed by atoms with Crippen LogP contribution < -0.4 is 5.11 Å². The predicted molar refractivity (Wildman–Crippen MR) is 277 cm³/mol. The molecule has 0 aromatic carbocycles. The molecule has 66 heavy (non-hydrogen) atoms.